The molecule has 1 fully saturated rings. The summed E-state index contributed by atoms with van der Waals surface area (Å²) >= 11 is 4.14. The van der Waals surface area contributed by atoms with E-state index in [-0.39, 0.29) is 0 Å². The largest absolute Gasteiger partial charge is 0.179 e. The molecule has 0 N–H and O–H groups in total. The third kappa shape index (κ3) is 6.47. The number of thiol groups is 1. The summed E-state index contributed by atoms with van der Waals surface area (Å²) in [6.07, 6.45) is 1.42. The second-order valence-corrected chi connectivity index (χ2v) is 2.52. The zero-order valence-electron chi connectivity index (χ0n) is 8.02. The monoisotopic (exact) mass is 162 g/mol. The van der Waals surface area contributed by atoms with Gasteiger partial charge in [-0.3, -0.25) is 0 Å². The highest BCUT2D eigenvalue weighted by Gasteiger charge is 2.30. The Kier molecular flexibility index (Phi) is 12.1. The highest BCUT2D eigenvalue weighted by molar-refractivity contribution is 7.80. The summed E-state index contributed by atoms with van der Waals surface area (Å²) in [5, 5.41) is 0. The molecule has 0 aliphatic heterocycles. The standard InChI is InChI=1S/C5H10S.2C2H6/c1-4-2-5(4)3-6;2*1-2/h4-6H,2-3H2,1H3;2*1-2H3. The van der Waals surface area contributed by atoms with Gasteiger partial charge in [0.2, 0.25) is 0 Å². The summed E-state index contributed by atoms with van der Waals surface area (Å²) < 4.78 is 0. The summed E-state index contributed by atoms with van der Waals surface area (Å²) in [7, 11) is 0. The van der Waals surface area contributed by atoms with Crippen molar-refractivity contribution in [2.24, 2.45) is 11.8 Å². The van der Waals surface area contributed by atoms with Gasteiger partial charge in [-0.25, -0.2) is 0 Å². The molecule has 64 valence electrons. The van der Waals surface area contributed by atoms with Gasteiger partial charge >= 0.3 is 0 Å². The normalized spacial score (nSPS) is 27.0. The van der Waals surface area contributed by atoms with Gasteiger partial charge in [0.15, 0.2) is 0 Å². The van der Waals surface area contributed by atoms with E-state index in [1.54, 1.807) is 0 Å². The first kappa shape index (κ1) is 13.0. The molecule has 1 aliphatic rings. The van der Waals surface area contributed by atoms with Crippen molar-refractivity contribution in [1.82, 2.24) is 0 Å². The molecule has 10 heavy (non-hydrogen) atoms. The molecule has 0 amide bonds. The summed E-state index contributed by atoms with van der Waals surface area (Å²) in [5.41, 5.74) is 0. The van der Waals surface area contributed by atoms with E-state index in [9.17, 15) is 0 Å². The molecule has 0 bridgehead atoms. The Hall–Kier alpha value is 0.350. The van der Waals surface area contributed by atoms with Gasteiger partial charge in [-0.15, -0.1) is 0 Å². The Morgan fingerprint density at radius 2 is 1.50 bits per heavy atom. The van der Waals surface area contributed by atoms with E-state index in [1.807, 2.05) is 27.7 Å². The van der Waals surface area contributed by atoms with E-state index in [1.165, 1.54) is 6.42 Å². The van der Waals surface area contributed by atoms with E-state index in [0.29, 0.717) is 0 Å². The summed E-state index contributed by atoms with van der Waals surface area (Å²) in [5.74, 6) is 3.05. The zero-order valence-corrected chi connectivity index (χ0v) is 8.91. The second kappa shape index (κ2) is 9.35. The molecule has 1 heteroatoms. The third-order valence-electron chi connectivity index (χ3n) is 1.51. The predicted molar refractivity (Wildman–Crippen MR) is 53.8 cm³/mol. The van der Waals surface area contributed by atoms with Gasteiger partial charge in [-0.1, -0.05) is 34.6 Å². The molecule has 0 aromatic rings. The molecule has 0 radical (unpaired) electrons. The molecule has 0 aromatic carbocycles. The molecule has 1 aliphatic carbocycles. The topological polar surface area (TPSA) is 0 Å². The molecular weight excluding hydrogens is 140 g/mol. The first-order valence-corrected chi connectivity index (χ1v) is 5.08. The van der Waals surface area contributed by atoms with E-state index in [2.05, 4.69) is 19.6 Å². The fourth-order valence-electron chi connectivity index (χ4n) is 0.653. The van der Waals surface area contributed by atoms with Gasteiger partial charge < -0.3 is 0 Å². The van der Waals surface area contributed by atoms with Crippen LogP contribution in [0.15, 0.2) is 0 Å². The van der Waals surface area contributed by atoms with E-state index < -0.39 is 0 Å². The van der Waals surface area contributed by atoms with Gasteiger partial charge in [0, 0.05) is 0 Å². The fraction of sp³-hybridized carbons (Fsp3) is 1.00. The lowest BCUT2D eigenvalue weighted by molar-refractivity contribution is 0.847. The van der Waals surface area contributed by atoms with Crippen LogP contribution in [0.25, 0.3) is 0 Å². The van der Waals surface area contributed by atoms with Gasteiger partial charge in [-0.2, -0.15) is 12.6 Å². The van der Waals surface area contributed by atoms with Crippen LogP contribution in [0, 0.1) is 11.8 Å². The molecule has 2 atom stereocenters. The van der Waals surface area contributed by atoms with Crippen molar-refractivity contribution in [3.63, 3.8) is 0 Å². The highest BCUT2D eigenvalue weighted by Crippen LogP contribution is 2.37. The smallest absolute Gasteiger partial charge is 0.00669 e. The number of hydrogen-bond acceptors (Lipinski definition) is 1. The first-order chi connectivity index (χ1) is 4.84. The van der Waals surface area contributed by atoms with Crippen molar-refractivity contribution in [1.29, 1.82) is 0 Å². The van der Waals surface area contributed by atoms with Crippen LogP contribution in [0.4, 0.5) is 0 Å². The Balaban J connectivity index is 0. The van der Waals surface area contributed by atoms with Crippen LogP contribution in [0.3, 0.4) is 0 Å². The molecule has 1 saturated carbocycles. The molecule has 2 unspecified atom stereocenters. The van der Waals surface area contributed by atoms with Gasteiger partial charge in [0.1, 0.15) is 0 Å². The van der Waals surface area contributed by atoms with Crippen LogP contribution in [0.1, 0.15) is 41.0 Å². The van der Waals surface area contributed by atoms with Crippen LogP contribution >= 0.6 is 12.6 Å². The summed E-state index contributed by atoms with van der Waals surface area (Å²) in [6, 6.07) is 0. The summed E-state index contributed by atoms with van der Waals surface area (Å²) in [4.78, 5) is 0. The molecular formula is C9H22S. The average Bonchev–Trinajstić information content (AvgIpc) is 2.74. The van der Waals surface area contributed by atoms with E-state index in [4.69, 9.17) is 0 Å². The van der Waals surface area contributed by atoms with Crippen molar-refractivity contribution in [3.8, 4) is 0 Å². The van der Waals surface area contributed by atoms with Gasteiger partial charge in [0.05, 0.1) is 0 Å². The molecule has 0 heterocycles. The molecule has 1 rings (SSSR count). The number of rotatable bonds is 1. The van der Waals surface area contributed by atoms with E-state index >= 15 is 0 Å². The molecule has 0 nitrogen and oxygen atoms in total. The third-order valence-corrected chi connectivity index (χ3v) is 1.98. The SMILES string of the molecule is CC.CC.CC1CC1CS. The Morgan fingerprint density at radius 3 is 1.50 bits per heavy atom. The van der Waals surface area contributed by atoms with Crippen molar-refractivity contribution >= 4 is 12.6 Å². The van der Waals surface area contributed by atoms with Crippen LogP contribution in [-0.4, -0.2) is 5.75 Å². The highest BCUT2D eigenvalue weighted by atomic mass is 32.1. The van der Waals surface area contributed by atoms with Crippen LogP contribution in [-0.2, 0) is 0 Å². The zero-order chi connectivity index (χ0) is 8.57. The maximum Gasteiger partial charge on any atom is -0.00669 e. The van der Waals surface area contributed by atoms with Crippen LogP contribution < -0.4 is 0 Å². The number of hydrogen-bond donors (Lipinski definition) is 1. The Morgan fingerprint density at radius 1 is 1.20 bits per heavy atom. The van der Waals surface area contributed by atoms with Gasteiger partial charge in [-0.05, 0) is 24.0 Å². The van der Waals surface area contributed by atoms with Crippen LogP contribution in [0.2, 0.25) is 0 Å². The second-order valence-electron chi connectivity index (χ2n) is 2.16. The van der Waals surface area contributed by atoms with E-state index in [0.717, 1.165) is 17.6 Å². The van der Waals surface area contributed by atoms with Crippen molar-refractivity contribution in [3.05, 3.63) is 0 Å². The first-order valence-electron chi connectivity index (χ1n) is 4.45. The fourth-order valence-corrected chi connectivity index (χ4v) is 1.16. The quantitative estimate of drug-likeness (QED) is 0.559. The Bertz CT molecular complexity index is 50.7. The van der Waals surface area contributed by atoms with Crippen LogP contribution in [0.5, 0.6) is 0 Å². The molecule has 0 saturated heterocycles. The Labute approximate surface area is 71.8 Å². The maximum atomic E-state index is 4.14. The maximum absolute atomic E-state index is 4.14. The van der Waals surface area contributed by atoms with Crippen molar-refractivity contribution in [2.75, 3.05) is 5.75 Å². The lowest BCUT2D eigenvalue weighted by Gasteiger charge is -1.78. The minimum Gasteiger partial charge on any atom is -0.179 e. The minimum absolute atomic E-state index is 0.966. The lowest BCUT2D eigenvalue weighted by atomic mass is 10.4. The van der Waals surface area contributed by atoms with Gasteiger partial charge in [0.25, 0.3) is 0 Å². The van der Waals surface area contributed by atoms with Crippen molar-refractivity contribution in [2.45, 2.75) is 41.0 Å². The minimum atomic E-state index is 0.966. The summed E-state index contributed by atoms with van der Waals surface area (Å²) in [6.45, 7) is 10.3. The molecule has 0 aromatic heterocycles. The predicted octanol–water partition coefficient (Wildman–Crippen LogP) is 3.62. The average molecular weight is 162 g/mol. The lowest BCUT2D eigenvalue weighted by Crippen LogP contribution is -1.74. The molecule has 0 spiro atoms. The van der Waals surface area contributed by atoms with Crippen molar-refractivity contribution < 1.29 is 0 Å².